The van der Waals surface area contributed by atoms with E-state index in [0.717, 1.165) is 0 Å². The van der Waals surface area contributed by atoms with E-state index >= 15 is 0 Å². The quantitative estimate of drug-likeness (QED) is 0.459. The van der Waals surface area contributed by atoms with Crippen LogP contribution in [0.3, 0.4) is 0 Å². The second-order valence-electron chi connectivity index (χ2n) is 6.95. The molecule has 0 unspecified atom stereocenters. The standard InChI is InChI=1S/C23H17F2N3O4/c1-13-21-17(10-19(27-22(21)32-28-13)14-6-8-16(24)9-7-14)23(30)31-12-20(29)26-11-15-4-2-3-5-18(15)25/h2-10H,11-12H2,1H3,(H,26,29). The summed E-state index contributed by atoms with van der Waals surface area (Å²) in [7, 11) is 0. The highest BCUT2D eigenvalue weighted by Crippen LogP contribution is 2.27. The van der Waals surface area contributed by atoms with Crippen molar-refractivity contribution in [3.05, 3.63) is 83.1 Å². The molecule has 2 aromatic carbocycles. The third kappa shape index (κ3) is 4.46. The molecule has 4 aromatic rings. The maximum atomic E-state index is 13.7. The number of carbonyl (C=O) groups is 2. The van der Waals surface area contributed by atoms with Crippen LogP contribution >= 0.6 is 0 Å². The number of hydrogen-bond acceptors (Lipinski definition) is 6. The van der Waals surface area contributed by atoms with Gasteiger partial charge in [0, 0.05) is 17.7 Å². The Hall–Kier alpha value is -4.14. The van der Waals surface area contributed by atoms with E-state index in [0.29, 0.717) is 27.9 Å². The predicted molar refractivity (Wildman–Crippen MR) is 110 cm³/mol. The first-order valence-electron chi connectivity index (χ1n) is 9.62. The van der Waals surface area contributed by atoms with Gasteiger partial charge >= 0.3 is 5.97 Å². The van der Waals surface area contributed by atoms with Crippen LogP contribution in [-0.4, -0.2) is 28.6 Å². The fourth-order valence-corrected chi connectivity index (χ4v) is 3.12. The van der Waals surface area contributed by atoms with Crippen molar-refractivity contribution in [1.82, 2.24) is 15.5 Å². The molecule has 2 aromatic heterocycles. The minimum atomic E-state index is -0.784. The SMILES string of the molecule is Cc1noc2nc(-c3ccc(F)cc3)cc(C(=O)OCC(=O)NCc3ccccc3F)c12. The molecule has 0 aliphatic heterocycles. The summed E-state index contributed by atoms with van der Waals surface area (Å²) in [6.45, 7) is 1.04. The molecule has 0 fully saturated rings. The Bertz CT molecular complexity index is 1300. The van der Waals surface area contributed by atoms with Crippen LogP contribution in [0.5, 0.6) is 0 Å². The number of fused-ring (bicyclic) bond motifs is 1. The predicted octanol–water partition coefficient (Wildman–Crippen LogP) is 3.95. The van der Waals surface area contributed by atoms with Crippen molar-refractivity contribution in [3.63, 3.8) is 0 Å². The van der Waals surface area contributed by atoms with Crippen LogP contribution in [0.15, 0.2) is 59.1 Å². The van der Waals surface area contributed by atoms with Crippen LogP contribution < -0.4 is 5.32 Å². The third-order valence-electron chi connectivity index (χ3n) is 4.75. The number of esters is 1. The normalized spacial score (nSPS) is 10.8. The average Bonchev–Trinajstić information content (AvgIpc) is 3.17. The molecule has 0 aliphatic carbocycles. The Morgan fingerprint density at radius 1 is 1.09 bits per heavy atom. The monoisotopic (exact) mass is 437 g/mol. The Morgan fingerprint density at radius 3 is 2.59 bits per heavy atom. The summed E-state index contributed by atoms with van der Waals surface area (Å²) in [5, 5.41) is 6.69. The zero-order chi connectivity index (χ0) is 22.7. The van der Waals surface area contributed by atoms with Gasteiger partial charge in [-0.1, -0.05) is 23.4 Å². The van der Waals surface area contributed by atoms with Gasteiger partial charge in [0.15, 0.2) is 6.61 Å². The molecular formula is C23H17F2N3O4. The van der Waals surface area contributed by atoms with Crippen LogP contribution in [0.2, 0.25) is 0 Å². The van der Waals surface area contributed by atoms with Gasteiger partial charge in [0.05, 0.1) is 22.3 Å². The largest absolute Gasteiger partial charge is 0.452 e. The summed E-state index contributed by atoms with van der Waals surface area (Å²) in [5.41, 5.74) is 1.86. The summed E-state index contributed by atoms with van der Waals surface area (Å²) in [4.78, 5) is 29.2. The van der Waals surface area contributed by atoms with Gasteiger partial charge in [0.25, 0.3) is 11.6 Å². The highest BCUT2D eigenvalue weighted by Gasteiger charge is 2.21. The number of rotatable bonds is 6. The minimum absolute atomic E-state index is 0.0396. The van der Waals surface area contributed by atoms with Crippen molar-refractivity contribution in [1.29, 1.82) is 0 Å². The number of hydrogen-bond donors (Lipinski definition) is 1. The van der Waals surface area contributed by atoms with Gasteiger partial charge in [-0.3, -0.25) is 4.79 Å². The molecule has 2 heterocycles. The van der Waals surface area contributed by atoms with E-state index in [9.17, 15) is 18.4 Å². The Kier molecular flexibility index (Phi) is 5.89. The van der Waals surface area contributed by atoms with Gasteiger partial charge in [-0.25, -0.2) is 18.6 Å². The minimum Gasteiger partial charge on any atom is -0.452 e. The highest BCUT2D eigenvalue weighted by molar-refractivity contribution is 6.04. The molecule has 32 heavy (non-hydrogen) atoms. The van der Waals surface area contributed by atoms with Crippen LogP contribution in [0.4, 0.5) is 8.78 Å². The van der Waals surface area contributed by atoms with Crippen molar-refractivity contribution in [3.8, 4) is 11.3 Å². The Balaban J connectivity index is 1.51. The van der Waals surface area contributed by atoms with E-state index in [1.54, 1.807) is 25.1 Å². The van der Waals surface area contributed by atoms with Gasteiger partial charge in [0.1, 0.15) is 11.6 Å². The first kappa shape index (κ1) is 21.1. The van der Waals surface area contributed by atoms with E-state index in [1.165, 1.54) is 36.4 Å². The molecule has 0 radical (unpaired) electrons. The van der Waals surface area contributed by atoms with Gasteiger partial charge in [-0.05, 0) is 43.3 Å². The Labute approximate surface area is 181 Å². The zero-order valence-corrected chi connectivity index (χ0v) is 16.9. The zero-order valence-electron chi connectivity index (χ0n) is 16.9. The maximum Gasteiger partial charge on any atom is 0.339 e. The fourth-order valence-electron chi connectivity index (χ4n) is 3.12. The lowest BCUT2D eigenvalue weighted by atomic mass is 10.1. The molecule has 4 rings (SSSR count). The first-order valence-corrected chi connectivity index (χ1v) is 9.62. The Morgan fingerprint density at radius 2 is 1.84 bits per heavy atom. The molecule has 0 aliphatic rings. The molecule has 0 saturated carbocycles. The summed E-state index contributed by atoms with van der Waals surface area (Å²) in [6, 6.07) is 13.1. The van der Waals surface area contributed by atoms with Crippen LogP contribution in [0, 0.1) is 18.6 Å². The van der Waals surface area contributed by atoms with Crippen molar-refractivity contribution >= 4 is 23.0 Å². The summed E-state index contributed by atoms with van der Waals surface area (Å²) >= 11 is 0. The smallest absolute Gasteiger partial charge is 0.339 e. The van der Waals surface area contributed by atoms with Crippen molar-refractivity contribution < 1.29 is 27.6 Å². The molecule has 1 N–H and O–H groups in total. The van der Waals surface area contributed by atoms with E-state index in [-0.39, 0.29) is 17.8 Å². The number of carbonyl (C=O) groups excluding carboxylic acids is 2. The topological polar surface area (TPSA) is 94.3 Å². The number of aromatic nitrogens is 2. The van der Waals surface area contributed by atoms with Crippen LogP contribution in [0.1, 0.15) is 21.6 Å². The number of benzene rings is 2. The number of aryl methyl sites for hydroxylation is 1. The number of nitrogens with zero attached hydrogens (tertiary/aromatic N) is 2. The second-order valence-corrected chi connectivity index (χ2v) is 6.95. The van der Waals surface area contributed by atoms with E-state index in [2.05, 4.69) is 15.5 Å². The number of amides is 1. The van der Waals surface area contributed by atoms with Crippen LogP contribution in [-0.2, 0) is 16.1 Å². The fraction of sp³-hybridized carbons (Fsp3) is 0.130. The number of halogens is 2. The third-order valence-corrected chi connectivity index (χ3v) is 4.75. The van der Waals surface area contributed by atoms with Gasteiger partial charge < -0.3 is 14.6 Å². The summed E-state index contributed by atoms with van der Waals surface area (Å²) in [5.74, 6) is -2.23. The molecule has 1 amide bonds. The van der Waals surface area contributed by atoms with Gasteiger partial charge in [0.2, 0.25) is 0 Å². The number of nitrogens with one attached hydrogen (secondary N) is 1. The average molecular weight is 437 g/mol. The molecular weight excluding hydrogens is 420 g/mol. The van der Waals surface area contributed by atoms with Gasteiger partial charge in [-0.2, -0.15) is 0 Å². The molecule has 0 spiro atoms. The molecule has 162 valence electrons. The van der Waals surface area contributed by atoms with Crippen molar-refractivity contribution in [2.75, 3.05) is 6.61 Å². The molecule has 0 atom stereocenters. The first-order chi connectivity index (χ1) is 15.4. The lowest BCUT2D eigenvalue weighted by Crippen LogP contribution is -2.28. The molecule has 0 saturated heterocycles. The number of ether oxygens (including phenoxy) is 1. The van der Waals surface area contributed by atoms with E-state index < -0.39 is 30.1 Å². The van der Waals surface area contributed by atoms with Crippen LogP contribution in [0.25, 0.3) is 22.4 Å². The number of pyridine rings is 1. The van der Waals surface area contributed by atoms with E-state index in [1.807, 2.05) is 0 Å². The highest BCUT2D eigenvalue weighted by atomic mass is 19.1. The van der Waals surface area contributed by atoms with Gasteiger partial charge in [-0.15, -0.1) is 0 Å². The molecule has 0 bridgehead atoms. The maximum absolute atomic E-state index is 13.7. The second kappa shape index (κ2) is 8.93. The molecule has 7 nitrogen and oxygen atoms in total. The lowest BCUT2D eigenvalue weighted by Gasteiger charge is -2.09. The lowest BCUT2D eigenvalue weighted by molar-refractivity contribution is -0.124. The van der Waals surface area contributed by atoms with E-state index in [4.69, 9.17) is 9.26 Å². The van der Waals surface area contributed by atoms with Crippen molar-refractivity contribution in [2.45, 2.75) is 13.5 Å². The van der Waals surface area contributed by atoms with Crippen molar-refractivity contribution in [2.24, 2.45) is 0 Å². The summed E-state index contributed by atoms with van der Waals surface area (Å²) in [6.07, 6.45) is 0. The summed E-state index contributed by atoms with van der Waals surface area (Å²) < 4.78 is 37.2. The molecule has 9 heteroatoms.